The molecule has 0 saturated heterocycles. The summed E-state index contributed by atoms with van der Waals surface area (Å²) < 4.78 is 0. The monoisotopic (exact) mass is 648 g/mol. The summed E-state index contributed by atoms with van der Waals surface area (Å²) >= 11 is 6.18. The molecule has 0 radical (unpaired) electrons. The molecule has 4 nitrogen and oxygen atoms in total. The van der Waals surface area contributed by atoms with Crippen molar-refractivity contribution in [3.8, 4) is 78.9 Å². The fourth-order valence-corrected chi connectivity index (χ4v) is 5.94. The average molecular weight is 649 g/mol. The maximum Gasteiger partial charge on any atom is 0.160 e. The van der Waals surface area contributed by atoms with Gasteiger partial charge in [-0.15, -0.1) is 0 Å². The third-order valence-electron chi connectivity index (χ3n) is 8.42. The topological polar surface area (TPSA) is 51.6 Å². The van der Waals surface area contributed by atoms with E-state index in [2.05, 4.69) is 91.0 Å². The van der Waals surface area contributed by atoms with Crippen LogP contribution in [0.5, 0.6) is 0 Å². The minimum atomic E-state index is 0.665. The minimum Gasteiger partial charge on any atom is -0.228 e. The van der Waals surface area contributed by atoms with Crippen LogP contribution in [0.25, 0.3) is 78.9 Å². The zero-order valence-corrected chi connectivity index (χ0v) is 27.2. The van der Waals surface area contributed by atoms with Gasteiger partial charge in [0, 0.05) is 38.4 Å². The van der Waals surface area contributed by atoms with E-state index in [0.29, 0.717) is 16.7 Å². The number of halogens is 1. The van der Waals surface area contributed by atoms with Gasteiger partial charge in [0.15, 0.2) is 11.6 Å². The third-order valence-corrected chi connectivity index (χ3v) is 8.67. The zero-order chi connectivity index (χ0) is 33.0. The van der Waals surface area contributed by atoms with Gasteiger partial charge in [0.1, 0.15) is 0 Å². The Bertz CT molecular complexity index is 2280. The van der Waals surface area contributed by atoms with E-state index in [4.69, 9.17) is 31.5 Å². The van der Waals surface area contributed by atoms with Crippen LogP contribution in [-0.4, -0.2) is 19.9 Å². The summed E-state index contributed by atoms with van der Waals surface area (Å²) in [4.78, 5) is 19.9. The fraction of sp³-hybridized carbons (Fsp3) is 0. The van der Waals surface area contributed by atoms with Crippen LogP contribution in [0.15, 0.2) is 176 Å². The highest BCUT2D eigenvalue weighted by atomic mass is 35.5. The van der Waals surface area contributed by atoms with Crippen molar-refractivity contribution >= 4 is 11.6 Å². The van der Waals surface area contributed by atoms with E-state index in [9.17, 15) is 0 Å². The Balaban J connectivity index is 1.11. The molecule has 0 aliphatic rings. The van der Waals surface area contributed by atoms with Crippen LogP contribution in [-0.2, 0) is 0 Å². The molecule has 0 atom stereocenters. The zero-order valence-electron chi connectivity index (χ0n) is 26.4. The molecule has 0 amide bonds. The minimum absolute atomic E-state index is 0.665. The molecular weight excluding hydrogens is 620 g/mol. The van der Waals surface area contributed by atoms with Gasteiger partial charge in [0.05, 0.1) is 22.8 Å². The maximum atomic E-state index is 6.18. The van der Waals surface area contributed by atoms with Gasteiger partial charge < -0.3 is 0 Å². The lowest BCUT2D eigenvalue weighted by Gasteiger charge is -2.11. The number of hydrogen-bond donors (Lipinski definition) is 0. The number of nitrogens with zero attached hydrogens (tertiary/aromatic N) is 4. The SMILES string of the molecule is Clc1ccc(-c2cc(-c3ccccc3)nc(-c3ccc(-c4ccc(-c5nc(-c6ccccc6)cc(-c6ccccc6)n5)cc4)cc3)n2)cc1. The standard InChI is InChI=1S/C44H29ClN4/c45-38-26-24-35(25-27-38)42-29-41(34-14-8-3-9-15-34)48-44(49-42)37-22-18-31(19-23-37)30-16-20-36(21-17-30)43-46-39(32-10-4-1-5-11-32)28-40(47-43)33-12-6-2-7-13-33/h1-29H. The summed E-state index contributed by atoms with van der Waals surface area (Å²) in [7, 11) is 0. The molecule has 49 heavy (non-hydrogen) atoms. The second kappa shape index (κ2) is 13.5. The van der Waals surface area contributed by atoms with E-state index in [1.807, 2.05) is 84.9 Å². The van der Waals surface area contributed by atoms with Crippen molar-refractivity contribution in [3.05, 3.63) is 181 Å². The van der Waals surface area contributed by atoms with Crippen LogP contribution in [0.3, 0.4) is 0 Å². The molecule has 232 valence electrons. The normalized spacial score (nSPS) is 11.0. The highest BCUT2D eigenvalue weighted by Gasteiger charge is 2.13. The fourth-order valence-electron chi connectivity index (χ4n) is 5.82. The molecule has 0 bridgehead atoms. The summed E-state index contributed by atoms with van der Waals surface area (Å²) in [6.45, 7) is 0. The maximum absolute atomic E-state index is 6.18. The molecular formula is C44H29ClN4. The van der Waals surface area contributed by atoms with Crippen molar-refractivity contribution in [2.75, 3.05) is 0 Å². The van der Waals surface area contributed by atoms with Crippen molar-refractivity contribution in [2.24, 2.45) is 0 Å². The highest BCUT2D eigenvalue weighted by Crippen LogP contribution is 2.32. The first-order valence-corrected chi connectivity index (χ1v) is 16.5. The quantitative estimate of drug-likeness (QED) is 0.172. The Kier molecular flexibility index (Phi) is 8.29. The van der Waals surface area contributed by atoms with Crippen LogP contribution in [0, 0.1) is 0 Å². The molecule has 5 heteroatoms. The Morgan fingerprint density at radius 1 is 0.265 bits per heavy atom. The van der Waals surface area contributed by atoms with Crippen LogP contribution in [0.2, 0.25) is 5.02 Å². The molecule has 0 aliphatic carbocycles. The molecule has 2 aromatic heterocycles. The third kappa shape index (κ3) is 6.64. The highest BCUT2D eigenvalue weighted by molar-refractivity contribution is 6.30. The van der Waals surface area contributed by atoms with Crippen LogP contribution < -0.4 is 0 Å². The van der Waals surface area contributed by atoms with Gasteiger partial charge in [-0.3, -0.25) is 0 Å². The summed E-state index contributed by atoms with van der Waals surface area (Å²) in [5.74, 6) is 1.35. The molecule has 0 saturated carbocycles. The molecule has 6 aromatic carbocycles. The van der Waals surface area contributed by atoms with E-state index in [1.165, 1.54) is 0 Å². The number of rotatable bonds is 7. The second-order valence-electron chi connectivity index (χ2n) is 11.7. The Morgan fingerprint density at radius 2 is 0.531 bits per heavy atom. The van der Waals surface area contributed by atoms with E-state index in [0.717, 1.165) is 67.3 Å². The Hall–Kier alpha value is -6.23. The summed E-state index contributed by atoms with van der Waals surface area (Å²) in [5, 5.41) is 0.690. The van der Waals surface area contributed by atoms with Crippen molar-refractivity contribution in [1.82, 2.24) is 19.9 Å². The lowest BCUT2D eigenvalue weighted by molar-refractivity contribution is 1.18. The summed E-state index contributed by atoms with van der Waals surface area (Å²) in [6.07, 6.45) is 0. The second-order valence-corrected chi connectivity index (χ2v) is 12.1. The van der Waals surface area contributed by atoms with Crippen molar-refractivity contribution in [2.45, 2.75) is 0 Å². The predicted octanol–water partition coefficient (Wildman–Crippen LogP) is 11.6. The van der Waals surface area contributed by atoms with Gasteiger partial charge >= 0.3 is 0 Å². The Morgan fingerprint density at radius 3 is 0.857 bits per heavy atom. The lowest BCUT2D eigenvalue weighted by Crippen LogP contribution is -1.96. The molecule has 0 fully saturated rings. The van der Waals surface area contributed by atoms with Gasteiger partial charge in [-0.2, -0.15) is 0 Å². The average Bonchev–Trinajstić information content (AvgIpc) is 3.19. The van der Waals surface area contributed by atoms with Crippen LogP contribution >= 0.6 is 11.6 Å². The molecule has 0 aliphatic heterocycles. The van der Waals surface area contributed by atoms with E-state index < -0.39 is 0 Å². The van der Waals surface area contributed by atoms with E-state index in [-0.39, 0.29) is 0 Å². The van der Waals surface area contributed by atoms with Crippen molar-refractivity contribution in [1.29, 1.82) is 0 Å². The molecule has 8 rings (SSSR count). The van der Waals surface area contributed by atoms with Gasteiger partial charge in [-0.1, -0.05) is 163 Å². The number of aromatic nitrogens is 4. The molecule has 8 aromatic rings. The molecule has 2 heterocycles. The van der Waals surface area contributed by atoms with Gasteiger partial charge in [-0.05, 0) is 35.4 Å². The number of benzene rings is 6. The summed E-state index contributed by atoms with van der Waals surface area (Å²) in [5.41, 5.74) is 11.7. The first-order chi connectivity index (χ1) is 24.2. The Labute approximate surface area is 290 Å². The molecule has 0 N–H and O–H groups in total. The predicted molar refractivity (Wildman–Crippen MR) is 201 cm³/mol. The molecule has 0 spiro atoms. The largest absolute Gasteiger partial charge is 0.228 e. The smallest absolute Gasteiger partial charge is 0.160 e. The van der Waals surface area contributed by atoms with E-state index in [1.54, 1.807) is 0 Å². The van der Waals surface area contributed by atoms with E-state index >= 15 is 0 Å². The van der Waals surface area contributed by atoms with Gasteiger partial charge in [-0.25, -0.2) is 19.9 Å². The van der Waals surface area contributed by atoms with Crippen LogP contribution in [0.1, 0.15) is 0 Å². The van der Waals surface area contributed by atoms with Gasteiger partial charge in [0.2, 0.25) is 0 Å². The van der Waals surface area contributed by atoms with Gasteiger partial charge in [0.25, 0.3) is 0 Å². The van der Waals surface area contributed by atoms with Crippen LogP contribution in [0.4, 0.5) is 0 Å². The number of hydrogen-bond acceptors (Lipinski definition) is 4. The molecule has 0 unspecified atom stereocenters. The first-order valence-electron chi connectivity index (χ1n) is 16.1. The summed E-state index contributed by atoms with van der Waals surface area (Å²) in [6, 6.07) is 59.3. The van der Waals surface area contributed by atoms with Crippen molar-refractivity contribution in [3.63, 3.8) is 0 Å². The lowest BCUT2D eigenvalue weighted by atomic mass is 10.0. The van der Waals surface area contributed by atoms with Crippen molar-refractivity contribution < 1.29 is 0 Å². The first kappa shape index (κ1) is 30.1.